The van der Waals surface area contributed by atoms with Gasteiger partial charge in [0.1, 0.15) is 0 Å². The Kier molecular flexibility index (Phi) is 11.0. The number of unbranched alkanes of at least 4 members (excludes halogenated alkanes) is 2. The normalized spacial score (nSPS) is 13.5. The molecule has 0 heterocycles. The van der Waals surface area contributed by atoms with Crippen LogP contribution in [0.25, 0.3) is 17.2 Å². The Bertz CT molecular complexity index is 1020. The van der Waals surface area contributed by atoms with Gasteiger partial charge < -0.3 is 9.05 Å². The standard InChI is InChI=1S/C25H35O6PS/c1-4-7-8-10-21-13-17-23(18-14-21)24-19-15-22(16-20-24)11-9-12-25(33(27,28)29)32(26,30-5-2)31-6-3/h9,11,13-20,25H,4-8,10,12H2,1-3H3,(H,27,28,29)/b11-9+. The maximum Gasteiger partial charge on any atom is 0.351 e. The van der Waals surface area contributed by atoms with Crippen molar-refractivity contribution >= 4 is 23.8 Å². The van der Waals surface area contributed by atoms with Crippen LogP contribution >= 0.6 is 7.60 Å². The van der Waals surface area contributed by atoms with Crippen LogP contribution in [0.3, 0.4) is 0 Å². The first-order valence-corrected chi connectivity index (χ1v) is 14.6. The van der Waals surface area contributed by atoms with Gasteiger partial charge in [0.05, 0.1) is 13.2 Å². The van der Waals surface area contributed by atoms with Gasteiger partial charge >= 0.3 is 7.60 Å². The van der Waals surface area contributed by atoms with Gasteiger partial charge in [0.2, 0.25) is 0 Å². The molecule has 2 aromatic rings. The summed E-state index contributed by atoms with van der Waals surface area (Å²) in [7, 11) is -8.66. The summed E-state index contributed by atoms with van der Waals surface area (Å²) in [5, 5.41) is 0. The molecule has 0 bridgehead atoms. The number of aryl methyl sites for hydroxylation is 1. The summed E-state index contributed by atoms with van der Waals surface area (Å²) in [6.45, 7) is 5.39. The molecule has 1 unspecified atom stereocenters. The molecule has 182 valence electrons. The van der Waals surface area contributed by atoms with Gasteiger partial charge in [-0.15, -0.1) is 0 Å². The number of hydrogen-bond donors (Lipinski definition) is 1. The maximum atomic E-state index is 12.9. The van der Waals surface area contributed by atoms with E-state index in [2.05, 4.69) is 31.2 Å². The highest BCUT2D eigenvalue weighted by Gasteiger charge is 2.43. The molecule has 0 radical (unpaired) electrons. The molecule has 33 heavy (non-hydrogen) atoms. The number of rotatable bonds is 14. The van der Waals surface area contributed by atoms with Crippen LogP contribution in [-0.4, -0.2) is 31.2 Å². The van der Waals surface area contributed by atoms with E-state index in [1.807, 2.05) is 24.3 Å². The first-order valence-electron chi connectivity index (χ1n) is 11.4. The van der Waals surface area contributed by atoms with Crippen molar-refractivity contribution in [3.8, 4) is 11.1 Å². The van der Waals surface area contributed by atoms with E-state index in [4.69, 9.17) is 9.05 Å². The topological polar surface area (TPSA) is 89.9 Å². The van der Waals surface area contributed by atoms with Crippen molar-refractivity contribution in [3.05, 3.63) is 65.7 Å². The van der Waals surface area contributed by atoms with Gasteiger partial charge in [-0.2, -0.15) is 8.42 Å². The zero-order valence-corrected chi connectivity index (χ0v) is 21.4. The highest BCUT2D eigenvalue weighted by atomic mass is 32.2. The van der Waals surface area contributed by atoms with Crippen LogP contribution in [0.1, 0.15) is 57.6 Å². The third-order valence-electron chi connectivity index (χ3n) is 5.23. The van der Waals surface area contributed by atoms with Gasteiger partial charge in [0.15, 0.2) is 4.99 Å². The monoisotopic (exact) mass is 494 g/mol. The van der Waals surface area contributed by atoms with E-state index in [1.54, 1.807) is 26.0 Å². The molecule has 0 aliphatic rings. The van der Waals surface area contributed by atoms with E-state index >= 15 is 0 Å². The molecule has 0 amide bonds. The number of hydrogen-bond acceptors (Lipinski definition) is 5. The zero-order chi connectivity index (χ0) is 24.3. The molecule has 1 N–H and O–H groups in total. The molecule has 0 spiro atoms. The predicted molar refractivity (Wildman–Crippen MR) is 135 cm³/mol. The van der Waals surface area contributed by atoms with E-state index < -0.39 is 22.7 Å². The molecule has 1 atom stereocenters. The number of allylic oxidation sites excluding steroid dienone is 1. The van der Waals surface area contributed by atoms with Crippen LogP contribution in [0.15, 0.2) is 54.6 Å². The van der Waals surface area contributed by atoms with Gasteiger partial charge in [-0.25, -0.2) is 0 Å². The summed E-state index contributed by atoms with van der Waals surface area (Å²) in [6, 6.07) is 16.4. The Morgan fingerprint density at radius 3 is 1.94 bits per heavy atom. The minimum atomic E-state index is -4.64. The van der Waals surface area contributed by atoms with Crippen molar-refractivity contribution in [1.29, 1.82) is 0 Å². The molecule has 0 fully saturated rings. The third-order valence-corrected chi connectivity index (χ3v) is 9.84. The molecule has 2 aromatic carbocycles. The van der Waals surface area contributed by atoms with E-state index in [0.717, 1.165) is 23.1 Å². The van der Waals surface area contributed by atoms with Crippen LogP contribution in [-0.2, 0) is 30.2 Å². The SMILES string of the molecule is CCCCCc1ccc(-c2ccc(/C=C/CC(P(=O)(OCC)OCC)S(=O)(=O)O)cc2)cc1. The second-order valence-electron chi connectivity index (χ2n) is 7.76. The maximum absolute atomic E-state index is 12.9. The molecular weight excluding hydrogens is 459 g/mol. The fraction of sp³-hybridized carbons (Fsp3) is 0.440. The van der Waals surface area contributed by atoms with Crippen LogP contribution < -0.4 is 0 Å². The van der Waals surface area contributed by atoms with Crippen LogP contribution in [0.5, 0.6) is 0 Å². The van der Waals surface area contributed by atoms with Crippen LogP contribution in [0.4, 0.5) is 0 Å². The molecule has 6 nitrogen and oxygen atoms in total. The molecule has 0 saturated carbocycles. The third kappa shape index (κ3) is 8.51. The summed E-state index contributed by atoms with van der Waals surface area (Å²) < 4.78 is 56.5. The van der Waals surface area contributed by atoms with E-state index in [9.17, 15) is 17.5 Å². The van der Waals surface area contributed by atoms with E-state index in [-0.39, 0.29) is 19.6 Å². The lowest BCUT2D eigenvalue weighted by Gasteiger charge is -2.23. The van der Waals surface area contributed by atoms with E-state index in [0.29, 0.717) is 0 Å². The largest absolute Gasteiger partial charge is 0.351 e. The highest BCUT2D eigenvalue weighted by molar-refractivity contribution is 7.94. The Morgan fingerprint density at radius 1 is 0.909 bits per heavy atom. The van der Waals surface area contributed by atoms with Gasteiger partial charge in [-0.3, -0.25) is 9.12 Å². The summed E-state index contributed by atoms with van der Waals surface area (Å²) in [5.41, 5.74) is 4.41. The molecule has 0 saturated heterocycles. The van der Waals surface area contributed by atoms with Gasteiger partial charge in [0, 0.05) is 0 Å². The molecule has 0 aliphatic carbocycles. The van der Waals surface area contributed by atoms with Crippen molar-refractivity contribution in [1.82, 2.24) is 0 Å². The smallest absolute Gasteiger partial charge is 0.308 e. The fourth-order valence-corrected chi connectivity index (χ4v) is 7.06. The van der Waals surface area contributed by atoms with Crippen LogP contribution in [0.2, 0.25) is 0 Å². The lowest BCUT2D eigenvalue weighted by atomic mass is 10.0. The Labute approximate surface area is 198 Å². The van der Waals surface area contributed by atoms with Gasteiger partial charge in [0.25, 0.3) is 10.1 Å². The first-order chi connectivity index (χ1) is 15.7. The second kappa shape index (κ2) is 13.2. The van der Waals surface area contributed by atoms with Crippen LogP contribution in [0, 0.1) is 0 Å². The first kappa shape index (κ1) is 27.5. The minimum Gasteiger partial charge on any atom is -0.308 e. The number of benzene rings is 2. The molecule has 0 aliphatic heterocycles. The summed E-state index contributed by atoms with van der Waals surface area (Å²) in [4.78, 5) is -1.67. The second-order valence-corrected chi connectivity index (χ2v) is 11.9. The average molecular weight is 495 g/mol. The molecule has 0 aromatic heterocycles. The van der Waals surface area contributed by atoms with Crippen molar-refractivity contribution in [2.75, 3.05) is 13.2 Å². The Balaban J connectivity index is 2.08. The lowest BCUT2D eigenvalue weighted by Crippen LogP contribution is -2.22. The zero-order valence-electron chi connectivity index (χ0n) is 19.6. The summed E-state index contributed by atoms with van der Waals surface area (Å²) >= 11 is 0. The fourth-order valence-electron chi connectivity index (χ4n) is 3.53. The van der Waals surface area contributed by atoms with Crippen molar-refractivity contribution in [2.45, 2.75) is 57.9 Å². The molecular formula is C25H35O6PS. The Hall–Kier alpha value is -1.76. The predicted octanol–water partition coefficient (Wildman–Crippen LogP) is 6.97. The van der Waals surface area contributed by atoms with E-state index in [1.165, 1.54) is 24.8 Å². The van der Waals surface area contributed by atoms with Gasteiger partial charge in [-0.05, 0) is 55.4 Å². The minimum absolute atomic E-state index is 0.00813. The van der Waals surface area contributed by atoms with Crippen molar-refractivity contribution in [2.24, 2.45) is 0 Å². The average Bonchev–Trinajstić information content (AvgIpc) is 2.77. The lowest BCUT2D eigenvalue weighted by molar-refractivity contribution is 0.216. The van der Waals surface area contributed by atoms with Crippen molar-refractivity contribution in [3.63, 3.8) is 0 Å². The summed E-state index contributed by atoms with van der Waals surface area (Å²) in [5.74, 6) is 0. The van der Waals surface area contributed by atoms with Gasteiger partial charge in [-0.1, -0.05) is 80.4 Å². The highest BCUT2D eigenvalue weighted by Crippen LogP contribution is 2.56. The van der Waals surface area contributed by atoms with Crippen molar-refractivity contribution < 1.29 is 26.6 Å². The quantitative estimate of drug-likeness (QED) is 0.173. The Morgan fingerprint density at radius 2 is 1.45 bits per heavy atom. The molecule has 2 rings (SSSR count). The molecule has 8 heteroatoms. The summed E-state index contributed by atoms with van der Waals surface area (Å²) in [6.07, 6.45) is 7.85.